The van der Waals surface area contributed by atoms with Gasteiger partial charge in [0.2, 0.25) is 0 Å². The number of rotatable bonds is 3. The minimum atomic E-state index is 1.10. The number of hydrogen-bond acceptors (Lipinski definition) is 2. The summed E-state index contributed by atoms with van der Waals surface area (Å²) in [6.45, 7) is 0. The molecule has 0 aliphatic rings. The molecule has 1 N–H and O–H groups in total. The monoisotopic (exact) mass is 451 g/mol. The van der Waals surface area contributed by atoms with Crippen molar-refractivity contribution < 1.29 is 0 Å². The second-order valence-corrected chi connectivity index (χ2v) is 9.70. The fraction of sp³-hybridized carbons (Fsp3) is 0. The summed E-state index contributed by atoms with van der Waals surface area (Å²) in [5, 5.41) is 11.5. The topological polar surface area (TPSA) is 12.0 Å². The molecule has 160 valence electrons. The molecule has 0 bridgehead atoms. The Hall–Kier alpha value is -4.14. The summed E-state index contributed by atoms with van der Waals surface area (Å²) in [5.41, 5.74) is 4.75. The lowest BCUT2D eigenvalue weighted by molar-refractivity contribution is 1.58. The fourth-order valence-electron chi connectivity index (χ4n) is 4.99. The van der Waals surface area contributed by atoms with Crippen LogP contribution in [-0.2, 0) is 0 Å². The van der Waals surface area contributed by atoms with Crippen molar-refractivity contribution in [3.63, 3.8) is 0 Å². The predicted molar refractivity (Wildman–Crippen MR) is 150 cm³/mol. The fourth-order valence-corrected chi connectivity index (χ4v) is 6.30. The van der Waals surface area contributed by atoms with Crippen molar-refractivity contribution in [1.29, 1.82) is 0 Å². The van der Waals surface area contributed by atoms with Gasteiger partial charge in [-0.25, -0.2) is 0 Å². The predicted octanol–water partition coefficient (Wildman–Crippen LogP) is 9.77. The van der Waals surface area contributed by atoms with E-state index in [1.165, 1.54) is 52.8 Å². The zero-order valence-corrected chi connectivity index (χ0v) is 19.3. The second kappa shape index (κ2) is 7.72. The summed E-state index contributed by atoms with van der Waals surface area (Å²) in [7, 11) is 0. The van der Waals surface area contributed by atoms with E-state index in [4.69, 9.17) is 0 Å². The normalized spacial score (nSPS) is 11.5. The molecule has 0 saturated heterocycles. The third kappa shape index (κ3) is 3.07. The maximum atomic E-state index is 3.68. The smallest absolute Gasteiger partial charge is 0.0590 e. The zero-order chi connectivity index (χ0) is 22.5. The van der Waals surface area contributed by atoms with Gasteiger partial charge in [-0.3, -0.25) is 0 Å². The molecule has 0 saturated carbocycles. The van der Waals surface area contributed by atoms with E-state index < -0.39 is 0 Å². The van der Waals surface area contributed by atoms with Crippen molar-refractivity contribution in [1.82, 2.24) is 0 Å². The minimum Gasteiger partial charge on any atom is -0.354 e. The van der Waals surface area contributed by atoms with Crippen LogP contribution in [0.3, 0.4) is 0 Å². The highest BCUT2D eigenvalue weighted by Crippen LogP contribution is 2.42. The number of fused-ring (bicyclic) bond motifs is 6. The van der Waals surface area contributed by atoms with E-state index in [0.717, 1.165) is 11.4 Å². The molecular weight excluding hydrogens is 430 g/mol. The molecule has 0 radical (unpaired) electrons. The molecule has 34 heavy (non-hydrogen) atoms. The number of hydrogen-bond donors (Lipinski definition) is 1. The molecule has 0 amide bonds. The first-order valence-corrected chi connectivity index (χ1v) is 12.3. The van der Waals surface area contributed by atoms with Gasteiger partial charge in [0.25, 0.3) is 0 Å². The van der Waals surface area contributed by atoms with Crippen LogP contribution in [-0.4, -0.2) is 0 Å². The largest absolute Gasteiger partial charge is 0.354 e. The summed E-state index contributed by atoms with van der Waals surface area (Å²) < 4.78 is 2.65. The molecule has 0 fully saturated rings. The molecule has 0 spiro atoms. The van der Waals surface area contributed by atoms with Gasteiger partial charge >= 0.3 is 0 Å². The average molecular weight is 452 g/mol. The van der Waals surface area contributed by atoms with Crippen molar-refractivity contribution in [3.8, 4) is 11.1 Å². The molecule has 0 unspecified atom stereocenters. The van der Waals surface area contributed by atoms with Gasteiger partial charge in [0.1, 0.15) is 0 Å². The molecule has 0 aliphatic carbocycles. The Kier molecular flexibility index (Phi) is 4.39. The van der Waals surface area contributed by atoms with E-state index in [2.05, 4.69) is 127 Å². The maximum absolute atomic E-state index is 3.68. The maximum Gasteiger partial charge on any atom is 0.0590 e. The highest BCUT2D eigenvalue weighted by Gasteiger charge is 2.11. The van der Waals surface area contributed by atoms with Crippen molar-refractivity contribution in [3.05, 3.63) is 121 Å². The van der Waals surface area contributed by atoms with Gasteiger partial charge in [0, 0.05) is 21.2 Å². The van der Waals surface area contributed by atoms with Gasteiger partial charge in [-0.15, -0.1) is 11.3 Å². The van der Waals surface area contributed by atoms with Crippen LogP contribution in [0.15, 0.2) is 121 Å². The van der Waals surface area contributed by atoms with Crippen LogP contribution in [0.2, 0.25) is 0 Å². The van der Waals surface area contributed by atoms with Crippen LogP contribution in [0.1, 0.15) is 0 Å². The lowest BCUT2D eigenvalue weighted by atomic mass is 9.98. The first kappa shape index (κ1) is 19.3. The van der Waals surface area contributed by atoms with E-state index in [1.807, 2.05) is 11.3 Å². The Balaban J connectivity index is 1.29. The van der Waals surface area contributed by atoms with E-state index in [1.54, 1.807) is 0 Å². The Morgan fingerprint density at radius 1 is 0.441 bits per heavy atom. The SMILES string of the molecule is c1ccc2c(-c3ccc(Nc4cccc5c4sc4c6ccccc6ccc54)cc3)cccc2c1. The Labute approximate surface area is 201 Å². The van der Waals surface area contributed by atoms with Crippen LogP contribution in [0.25, 0.3) is 52.8 Å². The molecule has 2 heteroatoms. The summed E-state index contributed by atoms with van der Waals surface area (Å²) >= 11 is 1.88. The molecule has 6 aromatic carbocycles. The molecule has 0 aliphatic heterocycles. The number of anilines is 2. The van der Waals surface area contributed by atoms with Crippen molar-refractivity contribution in [2.75, 3.05) is 5.32 Å². The van der Waals surface area contributed by atoms with Crippen LogP contribution in [0.5, 0.6) is 0 Å². The molecule has 7 rings (SSSR count). The zero-order valence-electron chi connectivity index (χ0n) is 18.5. The third-order valence-corrected chi connectivity index (χ3v) is 7.94. The van der Waals surface area contributed by atoms with E-state index in [0.29, 0.717) is 0 Å². The van der Waals surface area contributed by atoms with Gasteiger partial charge in [-0.1, -0.05) is 103 Å². The van der Waals surface area contributed by atoms with Crippen LogP contribution >= 0.6 is 11.3 Å². The lowest BCUT2D eigenvalue weighted by Crippen LogP contribution is -1.90. The van der Waals surface area contributed by atoms with Crippen LogP contribution in [0, 0.1) is 0 Å². The molecular formula is C32H21NS. The Bertz CT molecular complexity index is 1820. The Morgan fingerprint density at radius 3 is 1.94 bits per heavy atom. The van der Waals surface area contributed by atoms with Gasteiger partial charge < -0.3 is 5.32 Å². The third-order valence-electron chi connectivity index (χ3n) is 6.65. The van der Waals surface area contributed by atoms with E-state index >= 15 is 0 Å². The van der Waals surface area contributed by atoms with Crippen molar-refractivity contribution in [2.24, 2.45) is 0 Å². The first-order chi connectivity index (χ1) is 16.8. The molecule has 7 aromatic rings. The summed E-state index contributed by atoms with van der Waals surface area (Å²) in [6, 6.07) is 43.6. The first-order valence-electron chi connectivity index (χ1n) is 11.5. The Morgan fingerprint density at radius 2 is 1.09 bits per heavy atom. The second-order valence-electron chi connectivity index (χ2n) is 8.68. The minimum absolute atomic E-state index is 1.10. The lowest BCUT2D eigenvalue weighted by Gasteiger charge is -2.10. The summed E-state index contributed by atoms with van der Waals surface area (Å²) in [4.78, 5) is 0. The number of benzene rings is 6. The van der Waals surface area contributed by atoms with Crippen molar-refractivity contribution in [2.45, 2.75) is 0 Å². The molecule has 1 aromatic heterocycles. The van der Waals surface area contributed by atoms with E-state index in [9.17, 15) is 0 Å². The van der Waals surface area contributed by atoms with Gasteiger partial charge in [-0.2, -0.15) is 0 Å². The van der Waals surface area contributed by atoms with Gasteiger partial charge in [0.15, 0.2) is 0 Å². The molecule has 1 heterocycles. The van der Waals surface area contributed by atoms with Crippen LogP contribution < -0.4 is 5.32 Å². The highest BCUT2D eigenvalue weighted by atomic mass is 32.1. The quantitative estimate of drug-likeness (QED) is 0.282. The standard InChI is InChI=1S/C32H21NS/c1-3-10-25-21(7-1)9-5-12-26(25)23-15-18-24(19-16-23)33-30-14-6-13-28-29-20-17-22-8-2-4-11-27(22)31(29)34-32(28)30/h1-20,33H. The van der Waals surface area contributed by atoms with E-state index in [-0.39, 0.29) is 0 Å². The van der Waals surface area contributed by atoms with Crippen LogP contribution in [0.4, 0.5) is 11.4 Å². The number of thiophene rings is 1. The highest BCUT2D eigenvalue weighted by molar-refractivity contribution is 7.27. The van der Waals surface area contributed by atoms with Gasteiger partial charge in [0.05, 0.1) is 10.4 Å². The average Bonchev–Trinajstić information content (AvgIpc) is 3.29. The van der Waals surface area contributed by atoms with Gasteiger partial charge in [-0.05, 0) is 50.9 Å². The van der Waals surface area contributed by atoms with Crippen molar-refractivity contribution >= 4 is 64.4 Å². The molecule has 0 atom stereocenters. The molecule has 1 nitrogen and oxygen atoms in total. The summed E-state index contributed by atoms with van der Waals surface area (Å²) in [6.07, 6.45) is 0. The number of nitrogens with one attached hydrogen (secondary N) is 1. The summed E-state index contributed by atoms with van der Waals surface area (Å²) in [5.74, 6) is 0.